The van der Waals surface area contributed by atoms with Crippen molar-refractivity contribution in [2.75, 3.05) is 24.1 Å². The van der Waals surface area contributed by atoms with Gasteiger partial charge in [0.05, 0.1) is 0 Å². The van der Waals surface area contributed by atoms with Gasteiger partial charge in [-0.05, 0) is 43.5 Å². The van der Waals surface area contributed by atoms with Gasteiger partial charge in [0.15, 0.2) is 0 Å². The number of anilines is 2. The van der Waals surface area contributed by atoms with Crippen molar-refractivity contribution in [2.45, 2.75) is 32.6 Å². The Hall–Kier alpha value is -2.04. The second-order valence-electron chi connectivity index (χ2n) is 5.21. The third kappa shape index (κ3) is 3.73. The molecule has 1 aromatic rings. The van der Waals surface area contributed by atoms with Gasteiger partial charge in [-0.25, -0.2) is 0 Å². The van der Waals surface area contributed by atoms with Gasteiger partial charge < -0.3 is 16.0 Å². The molecular formula is C15H21N3O2. The molecule has 1 aliphatic heterocycles. The second kappa shape index (κ2) is 6.41. The Morgan fingerprint density at radius 2 is 2.25 bits per heavy atom. The lowest BCUT2D eigenvalue weighted by Gasteiger charge is -2.15. The maximum Gasteiger partial charge on any atom is 0.224 e. The van der Waals surface area contributed by atoms with Gasteiger partial charge in [-0.3, -0.25) is 9.59 Å². The van der Waals surface area contributed by atoms with Gasteiger partial charge in [-0.1, -0.05) is 0 Å². The fourth-order valence-corrected chi connectivity index (χ4v) is 2.41. The Morgan fingerprint density at radius 3 is 2.90 bits per heavy atom. The number of nitrogens with zero attached hydrogens (tertiary/aromatic N) is 1. The van der Waals surface area contributed by atoms with Gasteiger partial charge in [0.1, 0.15) is 0 Å². The third-order valence-electron chi connectivity index (χ3n) is 3.53. The van der Waals surface area contributed by atoms with Crippen molar-refractivity contribution in [1.82, 2.24) is 4.90 Å². The van der Waals surface area contributed by atoms with Crippen LogP contribution in [-0.2, 0) is 9.59 Å². The second-order valence-corrected chi connectivity index (χ2v) is 5.21. The molecule has 2 rings (SSSR count). The molecule has 0 unspecified atom stereocenters. The number of carbonyl (C=O) groups is 2. The normalized spacial score (nSPS) is 14.7. The summed E-state index contributed by atoms with van der Waals surface area (Å²) in [6, 6.07) is 5.41. The predicted molar refractivity (Wildman–Crippen MR) is 79.3 cm³/mol. The average Bonchev–Trinajstić information content (AvgIpc) is 2.79. The summed E-state index contributed by atoms with van der Waals surface area (Å²) in [5.41, 5.74) is 8.10. The van der Waals surface area contributed by atoms with Crippen LogP contribution in [0, 0.1) is 6.92 Å². The van der Waals surface area contributed by atoms with Gasteiger partial charge in [-0.15, -0.1) is 0 Å². The minimum atomic E-state index is -0.0236. The van der Waals surface area contributed by atoms with E-state index in [1.165, 1.54) is 0 Å². The summed E-state index contributed by atoms with van der Waals surface area (Å²) in [5, 5.41) is 2.88. The van der Waals surface area contributed by atoms with Crippen LogP contribution in [-0.4, -0.2) is 29.8 Å². The zero-order valence-electron chi connectivity index (χ0n) is 11.8. The van der Waals surface area contributed by atoms with E-state index >= 15 is 0 Å². The summed E-state index contributed by atoms with van der Waals surface area (Å²) in [6.07, 6.45) is 2.71. The van der Waals surface area contributed by atoms with Crippen molar-refractivity contribution in [1.29, 1.82) is 0 Å². The minimum absolute atomic E-state index is 0.0236. The highest BCUT2D eigenvalue weighted by molar-refractivity contribution is 5.91. The van der Waals surface area contributed by atoms with Gasteiger partial charge >= 0.3 is 0 Å². The van der Waals surface area contributed by atoms with Crippen LogP contribution in [0.1, 0.15) is 31.2 Å². The molecule has 0 bridgehead atoms. The number of hydrogen-bond donors (Lipinski definition) is 2. The number of nitrogens with two attached hydrogens (primary N) is 1. The lowest BCUT2D eigenvalue weighted by Crippen LogP contribution is -2.26. The molecule has 2 amide bonds. The van der Waals surface area contributed by atoms with Gasteiger partial charge in [0, 0.05) is 37.3 Å². The summed E-state index contributed by atoms with van der Waals surface area (Å²) in [4.78, 5) is 25.1. The van der Waals surface area contributed by atoms with E-state index in [-0.39, 0.29) is 11.8 Å². The number of nitrogens with one attached hydrogen (secondary N) is 1. The molecule has 1 aliphatic rings. The Kier molecular flexibility index (Phi) is 4.61. The molecular weight excluding hydrogens is 254 g/mol. The summed E-state index contributed by atoms with van der Waals surface area (Å²) < 4.78 is 0. The summed E-state index contributed by atoms with van der Waals surface area (Å²) >= 11 is 0. The summed E-state index contributed by atoms with van der Waals surface area (Å²) in [7, 11) is 0. The highest BCUT2D eigenvalue weighted by atomic mass is 16.2. The van der Waals surface area contributed by atoms with Gasteiger partial charge in [0.2, 0.25) is 11.8 Å². The highest BCUT2D eigenvalue weighted by Gasteiger charge is 2.19. The fourth-order valence-electron chi connectivity index (χ4n) is 2.41. The van der Waals surface area contributed by atoms with Crippen molar-refractivity contribution in [2.24, 2.45) is 0 Å². The summed E-state index contributed by atoms with van der Waals surface area (Å²) in [5.74, 6) is 0.185. The molecule has 0 aromatic heterocycles. The van der Waals surface area contributed by atoms with E-state index in [1.54, 1.807) is 6.07 Å². The van der Waals surface area contributed by atoms with Crippen LogP contribution in [0.4, 0.5) is 11.4 Å². The van der Waals surface area contributed by atoms with Crippen LogP contribution < -0.4 is 11.1 Å². The third-order valence-corrected chi connectivity index (χ3v) is 3.53. The van der Waals surface area contributed by atoms with Crippen LogP contribution in [0.3, 0.4) is 0 Å². The molecule has 3 N–H and O–H groups in total. The number of amides is 2. The molecule has 0 aliphatic carbocycles. The minimum Gasteiger partial charge on any atom is -0.399 e. The van der Waals surface area contributed by atoms with Crippen molar-refractivity contribution in [3.8, 4) is 0 Å². The number of aryl methyl sites for hydroxylation is 1. The predicted octanol–water partition coefficient (Wildman–Crippen LogP) is 1.92. The van der Waals surface area contributed by atoms with E-state index in [4.69, 9.17) is 5.73 Å². The molecule has 20 heavy (non-hydrogen) atoms. The molecule has 1 heterocycles. The van der Waals surface area contributed by atoms with Crippen molar-refractivity contribution in [3.63, 3.8) is 0 Å². The Labute approximate surface area is 119 Å². The zero-order valence-corrected chi connectivity index (χ0v) is 11.8. The topological polar surface area (TPSA) is 75.4 Å². The molecule has 5 heteroatoms. The van der Waals surface area contributed by atoms with E-state index in [0.717, 1.165) is 24.2 Å². The maximum atomic E-state index is 11.9. The standard InChI is InChI=1S/C15H21N3O2/c1-11-10-12(16)6-7-13(11)17-14(19)4-2-8-18-9-3-5-15(18)20/h6-7,10H,2-5,8-9,16H2,1H3,(H,17,19). The molecule has 0 spiro atoms. The van der Waals surface area contributed by atoms with Gasteiger partial charge in [0.25, 0.3) is 0 Å². The zero-order chi connectivity index (χ0) is 14.5. The summed E-state index contributed by atoms with van der Waals surface area (Å²) in [6.45, 7) is 3.42. The van der Waals surface area contributed by atoms with Crippen LogP contribution >= 0.6 is 0 Å². The first kappa shape index (κ1) is 14.4. The van der Waals surface area contributed by atoms with Crippen molar-refractivity contribution >= 4 is 23.2 Å². The smallest absolute Gasteiger partial charge is 0.224 e. The molecule has 108 valence electrons. The largest absolute Gasteiger partial charge is 0.399 e. The molecule has 0 radical (unpaired) electrons. The van der Waals surface area contributed by atoms with Crippen LogP contribution in [0.15, 0.2) is 18.2 Å². The van der Waals surface area contributed by atoms with E-state index in [2.05, 4.69) is 5.32 Å². The molecule has 1 saturated heterocycles. The number of benzene rings is 1. The first-order chi connectivity index (χ1) is 9.56. The Morgan fingerprint density at radius 1 is 1.45 bits per heavy atom. The number of likely N-dealkylation sites (tertiary alicyclic amines) is 1. The average molecular weight is 275 g/mol. The van der Waals surface area contributed by atoms with Crippen LogP contribution in [0.2, 0.25) is 0 Å². The van der Waals surface area contributed by atoms with E-state index in [1.807, 2.05) is 24.0 Å². The van der Waals surface area contributed by atoms with E-state index < -0.39 is 0 Å². The lowest BCUT2D eigenvalue weighted by atomic mass is 10.1. The van der Waals surface area contributed by atoms with E-state index in [9.17, 15) is 9.59 Å². The number of nitrogen functional groups attached to an aromatic ring is 1. The lowest BCUT2D eigenvalue weighted by molar-refractivity contribution is -0.128. The fraction of sp³-hybridized carbons (Fsp3) is 0.467. The molecule has 5 nitrogen and oxygen atoms in total. The van der Waals surface area contributed by atoms with E-state index in [0.29, 0.717) is 31.5 Å². The first-order valence-corrected chi connectivity index (χ1v) is 7.00. The Balaban J connectivity index is 1.76. The number of carbonyl (C=O) groups excluding carboxylic acids is 2. The molecule has 1 aromatic carbocycles. The molecule has 1 fully saturated rings. The quantitative estimate of drug-likeness (QED) is 0.806. The Bertz CT molecular complexity index is 514. The maximum absolute atomic E-state index is 11.9. The number of rotatable bonds is 5. The van der Waals surface area contributed by atoms with Gasteiger partial charge in [-0.2, -0.15) is 0 Å². The molecule has 0 atom stereocenters. The van der Waals surface area contributed by atoms with Crippen LogP contribution in [0.5, 0.6) is 0 Å². The van der Waals surface area contributed by atoms with Crippen molar-refractivity contribution in [3.05, 3.63) is 23.8 Å². The number of hydrogen-bond acceptors (Lipinski definition) is 3. The van der Waals surface area contributed by atoms with Crippen molar-refractivity contribution < 1.29 is 9.59 Å². The monoisotopic (exact) mass is 275 g/mol. The SMILES string of the molecule is Cc1cc(N)ccc1NC(=O)CCCN1CCCC1=O. The van der Waals surface area contributed by atoms with Crippen LogP contribution in [0.25, 0.3) is 0 Å². The molecule has 0 saturated carbocycles. The first-order valence-electron chi connectivity index (χ1n) is 7.00. The highest BCUT2D eigenvalue weighted by Crippen LogP contribution is 2.18.